The quantitative estimate of drug-likeness (QED) is 0.192. The van der Waals surface area contributed by atoms with Crippen LogP contribution in [0.3, 0.4) is 0 Å². The maximum Gasteiger partial charge on any atom is 0.139 e. The first kappa shape index (κ1) is 31.0. The van der Waals surface area contributed by atoms with Gasteiger partial charge in [-0.1, -0.05) is 91.9 Å². The molecule has 1 aliphatic rings. The molecule has 0 spiro atoms. The van der Waals surface area contributed by atoms with E-state index in [9.17, 15) is 0 Å². The predicted molar refractivity (Wildman–Crippen MR) is 208 cm³/mol. The fourth-order valence-electron chi connectivity index (χ4n) is 6.79. The summed E-state index contributed by atoms with van der Waals surface area (Å²) < 4.78 is 17.0. The average Bonchev–Trinajstić information content (AvgIpc) is 3.68. The fourth-order valence-corrected chi connectivity index (χ4v) is 7.06. The van der Waals surface area contributed by atoms with Crippen molar-refractivity contribution in [3.05, 3.63) is 145 Å². The Bertz CT molecular complexity index is 2550. The zero-order valence-electron chi connectivity index (χ0n) is 27.7. The van der Waals surface area contributed by atoms with Crippen molar-refractivity contribution in [2.24, 2.45) is 5.92 Å². The molecule has 49 heavy (non-hydrogen) atoms. The highest BCUT2D eigenvalue weighted by molar-refractivity contribution is 7.80. The Morgan fingerprint density at radius 2 is 1.18 bits per heavy atom. The van der Waals surface area contributed by atoms with Crippen molar-refractivity contribution in [1.82, 2.24) is 0 Å². The van der Waals surface area contributed by atoms with Crippen molar-refractivity contribution in [3.63, 3.8) is 0 Å². The van der Waals surface area contributed by atoms with Gasteiger partial charge in [0.2, 0.25) is 0 Å². The van der Waals surface area contributed by atoms with Gasteiger partial charge in [-0.3, -0.25) is 0 Å². The van der Waals surface area contributed by atoms with Gasteiger partial charge in [0.05, 0.1) is 0 Å². The molecule has 0 amide bonds. The summed E-state index contributed by atoms with van der Waals surface area (Å²) in [4.78, 5) is 0.956. The van der Waals surface area contributed by atoms with Gasteiger partial charge in [-0.15, -0.1) is 12.6 Å². The maximum absolute atomic E-state index is 6.45. The van der Waals surface area contributed by atoms with Gasteiger partial charge in [-0.25, -0.2) is 0 Å². The smallest absolute Gasteiger partial charge is 0.139 e. The number of allylic oxidation sites excluding steroid dienone is 4. The molecule has 0 saturated heterocycles. The van der Waals surface area contributed by atoms with Crippen LogP contribution in [0.2, 0.25) is 0 Å². The van der Waals surface area contributed by atoms with Crippen LogP contribution in [0, 0.1) is 5.92 Å². The predicted octanol–water partition coefficient (Wildman–Crippen LogP) is 13.0. The number of thiol groups is 1. The summed E-state index contributed by atoms with van der Waals surface area (Å²) in [5.74, 6) is 0.593. The van der Waals surface area contributed by atoms with Gasteiger partial charge in [0.25, 0.3) is 0 Å². The van der Waals surface area contributed by atoms with E-state index in [1.807, 2.05) is 12.1 Å². The monoisotopic (exact) mass is 656 g/mol. The molecular weight excluding hydrogens is 621 g/mol. The summed E-state index contributed by atoms with van der Waals surface area (Å²) in [6, 6.07) is 42.9. The van der Waals surface area contributed by atoms with E-state index in [-0.39, 0.29) is 0 Å². The van der Waals surface area contributed by atoms with Crippen LogP contribution in [0.1, 0.15) is 18.9 Å². The number of hydrogen-bond donors (Lipinski definition) is 1. The normalized spacial score (nSPS) is 14.4. The van der Waals surface area contributed by atoms with E-state index in [4.69, 9.17) is 21.5 Å². The molecule has 2 aromatic heterocycles. The second-order valence-corrected chi connectivity index (χ2v) is 13.3. The molecule has 1 aliphatic carbocycles. The molecule has 0 fully saturated rings. The molecule has 4 heteroatoms. The third-order valence-electron chi connectivity index (χ3n) is 9.32. The first-order valence-electron chi connectivity index (χ1n) is 16.6. The number of benzene rings is 6. The molecule has 1 atom stereocenters. The molecule has 0 bridgehead atoms. The van der Waals surface area contributed by atoms with Gasteiger partial charge in [0.1, 0.15) is 22.3 Å². The molecular formula is C45H36O3S. The molecule has 0 N–H and O–H groups in total. The topological polar surface area (TPSA) is 35.5 Å². The van der Waals surface area contributed by atoms with Gasteiger partial charge in [0, 0.05) is 46.7 Å². The van der Waals surface area contributed by atoms with Crippen molar-refractivity contribution in [2.75, 3.05) is 14.2 Å². The Morgan fingerprint density at radius 1 is 0.551 bits per heavy atom. The molecule has 0 aliphatic heterocycles. The first-order valence-corrected chi connectivity index (χ1v) is 17.0. The lowest BCUT2D eigenvalue weighted by molar-refractivity contribution is 0.277. The van der Waals surface area contributed by atoms with Crippen LogP contribution in [0.5, 0.6) is 0 Å². The van der Waals surface area contributed by atoms with Gasteiger partial charge >= 0.3 is 0 Å². The van der Waals surface area contributed by atoms with Crippen LogP contribution >= 0.6 is 12.6 Å². The van der Waals surface area contributed by atoms with E-state index >= 15 is 0 Å². The van der Waals surface area contributed by atoms with Crippen LogP contribution < -0.4 is 0 Å². The standard InChI is InChI=1S/C43H30O2S.C2H6O/c1-26-10-12-28(13-11-26)29-8-5-9-33(20-29)35-21-31(16-19-43(35)46)32-14-17-34-37-24-38-36-22-30(27-6-3-2-4-7-27)15-18-39(36)44-42(38)25-41(37)45-40(34)23-32;1-3-2/h2-10,12-26,46H,11H2,1H3;1-2H3. The van der Waals surface area contributed by atoms with Gasteiger partial charge in [-0.05, 0) is 105 Å². The second kappa shape index (κ2) is 13.0. The van der Waals surface area contributed by atoms with E-state index in [1.165, 1.54) is 22.3 Å². The average molecular weight is 657 g/mol. The lowest BCUT2D eigenvalue weighted by Gasteiger charge is -2.14. The number of ether oxygens (including phenoxy) is 1. The third-order valence-corrected chi connectivity index (χ3v) is 9.71. The van der Waals surface area contributed by atoms with Gasteiger partial charge in [-0.2, -0.15) is 0 Å². The summed E-state index contributed by atoms with van der Waals surface area (Å²) in [6.07, 6.45) is 7.95. The van der Waals surface area contributed by atoms with Crippen LogP contribution in [0.25, 0.3) is 82.8 Å². The van der Waals surface area contributed by atoms with E-state index in [0.717, 1.165) is 77.4 Å². The zero-order valence-corrected chi connectivity index (χ0v) is 28.6. The Balaban J connectivity index is 0.00000112. The molecule has 1 unspecified atom stereocenters. The van der Waals surface area contributed by atoms with Crippen molar-refractivity contribution in [3.8, 4) is 33.4 Å². The molecule has 8 aromatic rings. The van der Waals surface area contributed by atoms with Crippen LogP contribution in [0.15, 0.2) is 153 Å². The van der Waals surface area contributed by atoms with E-state index in [1.54, 1.807) is 14.2 Å². The molecule has 9 rings (SSSR count). The van der Waals surface area contributed by atoms with Gasteiger partial charge < -0.3 is 13.6 Å². The maximum atomic E-state index is 6.45. The van der Waals surface area contributed by atoms with E-state index in [0.29, 0.717) is 5.92 Å². The van der Waals surface area contributed by atoms with Crippen molar-refractivity contribution in [2.45, 2.75) is 18.2 Å². The molecule has 2 heterocycles. The number of fused-ring (bicyclic) bond motifs is 6. The van der Waals surface area contributed by atoms with Crippen molar-refractivity contribution >= 4 is 62.1 Å². The first-order chi connectivity index (χ1) is 24.0. The lowest BCUT2D eigenvalue weighted by atomic mass is 9.92. The van der Waals surface area contributed by atoms with Crippen LogP contribution in [0.4, 0.5) is 0 Å². The largest absolute Gasteiger partial charge is 0.456 e. The highest BCUT2D eigenvalue weighted by Gasteiger charge is 2.16. The third kappa shape index (κ3) is 5.88. The highest BCUT2D eigenvalue weighted by atomic mass is 32.1. The number of furan rings is 2. The SMILES string of the molecule is CC1C=CC(c2cccc(-c3cc(-c4ccc5c(c4)oc4cc6oc7ccc(-c8ccccc8)cc7c6cc45)ccc3S)c2)=CC1.COC. The molecule has 3 nitrogen and oxygen atoms in total. The number of methoxy groups -OCH3 is 1. The van der Waals surface area contributed by atoms with E-state index in [2.05, 4.69) is 139 Å². The van der Waals surface area contributed by atoms with Gasteiger partial charge in [0.15, 0.2) is 0 Å². The number of rotatable bonds is 4. The summed E-state index contributed by atoms with van der Waals surface area (Å²) in [5.41, 5.74) is 12.8. The minimum absolute atomic E-state index is 0.593. The summed E-state index contributed by atoms with van der Waals surface area (Å²) in [7, 11) is 3.25. The lowest BCUT2D eigenvalue weighted by Crippen LogP contribution is -1.94. The molecule has 6 aromatic carbocycles. The van der Waals surface area contributed by atoms with Crippen LogP contribution in [-0.4, -0.2) is 14.2 Å². The highest BCUT2D eigenvalue weighted by Crippen LogP contribution is 2.40. The Kier molecular flexibility index (Phi) is 8.20. The Morgan fingerprint density at radius 3 is 1.98 bits per heavy atom. The Hall–Kier alpha value is -5.29. The Labute approximate surface area is 291 Å². The van der Waals surface area contributed by atoms with Crippen molar-refractivity contribution < 1.29 is 13.6 Å². The minimum Gasteiger partial charge on any atom is -0.456 e. The minimum atomic E-state index is 0.593. The number of hydrogen-bond acceptors (Lipinski definition) is 4. The van der Waals surface area contributed by atoms with E-state index < -0.39 is 0 Å². The zero-order chi connectivity index (χ0) is 33.5. The summed E-state index contributed by atoms with van der Waals surface area (Å²) >= 11 is 4.86. The van der Waals surface area contributed by atoms with Crippen molar-refractivity contribution in [1.29, 1.82) is 0 Å². The molecule has 0 saturated carbocycles. The van der Waals surface area contributed by atoms with Crippen LogP contribution in [-0.2, 0) is 4.74 Å². The summed E-state index contributed by atoms with van der Waals surface area (Å²) in [5, 5.41) is 4.39. The fraction of sp³-hybridized carbons (Fsp3) is 0.111. The molecule has 240 valence electrons. The second-order valence-electron chi connectivity index (χ2n) is 12.8. The molecule has 0 radical (unpaired) electrons. The summed E-state index contributed by atoms with van der Waals surface area (Å²) in [6.45, 7) is 2.25.